The first-order chi connectivity index (χ1) is 13.9. The highest BCUT2D eigenvalue weighted by atomic mass is 16.7. The average Bonchev–Trinajstić information content (AvgIpc) is 3.03. The van der Waals surface area contributed by atoms with Crippen LogP contribution in [-0.4, -0.2) is 40.1 Å². The van der Waals surface area contributed by atoms with Crippen LogP contribution in [0.3, 0.4) is 0 Å². The second kappa shape index (κ2) is 8.31. The largest absolute Gasteiger partial charge is 0.511 e. The molecule has 0 spiro atoms. The summed E-state index contributed by atoms with van der Waals surface area (Å²) in [6.07, 6.45) is -1.43. The Kier molecular flexibility index (Phi) is 5.65. The summed E-state index contributed by atoms with van der Waals surface area (Å²) < 4.78 is 5.84. The number of nitrogens with one attached hydrogen (secondary N) is 1. The molecule has 150 valence electrons. The summed E-state index contributed by atoms with van der Waals surface area (Å²) in [6.45, 7) is 0. The van der Waals surface area contributed by atoms with Gasteiger partial charge in [0.1, 0.15) is 11.4 Å². The number of aromatic nitrogens is 1. The fraction of sp³-hybridized carbons (Fsp3) is 0.105. The lowest BCUT2D eigenvalue weighted by molar-refractivity contribution is 0.144. The number of carboxylic acid groups (broad SMARTS) is 1. The van der Waals surface area contributed by atoms with Gasteiger partial charge in [-0.25, -0.2) is 14.8 Å². The smallest absolute Gasteiger partial charge is 0.494 e. The first-order valence-electron chi connectivity index (χ1n) is 8.47. The number of anilines is 1. The predicted molar refractivity (Wildman–Crippen MR) is 106 cm³/mol. The van der Waals surface area contributed by atoms with Crippen molar-refractivity contribution in [3.05, 3.63) is 54.6 Å². The minimum Gasteiger partial charge on any atom is -0.494 e. The molecular weight excluding hydrogens is 378 g/mol. The van der Waals surface area contributed by atoms with E-state index in [1.165, 1.54) is 28.8 Å². The van der Waals surface area contributed by atoms with Crippen LogP contribution in [0.2, 0.25) is 0 Å². The molecule has 0 aliphatic rings. The molecule has 29 heavy (non-hydrogen) atoms. The minimum atomic E-state index is -1.43. The van der Waals surface area contributed by atoms with Crippen molar-refractivity contribution in [3.8, 4) is 23.2 Å². The fourth-order valence-electron chi connectivity index (χ4n) is 2.60. The Labute approximate surface area is 165 Å². The summed E-state index contributed by atoms with van der Waals surface area (Å²) in [5.74, 6) is -0.221. The van der Waals surface area contributed by atoms with Crippen LogP contribution in [0.25, 0.3) is 5.69 Å². The van der Waals surface area contributed by atoms with Crippen LogP contribution in [-0.2, 0) is 0 Å². The lowest BCUT2D eigenvalue weighted by Crippen LogP contribution is -2.30. The maximum Gasteiger partial charge on any atom is 0.511 e. The van der Waals surface area contributed by atoms with Gasteiger partial charge in [-0.2, -0.15) is 5.11 Å². The minimum absolute atomic E-state index is 0.112. The van der Waals surface area contributed by atoms with E-state index in [-0.39, 0.29) is 17.5 Å². The molecule has 0 aliphatic heterocycles. The van der Waals surface area contributed by atoms with Gasteiger partial charge in [-0.15, -0.1) is 5.11 Å². The van der Waals surface area contributed by atoms with Crippen LogP contribution in [0.4, 0.5) is 21.9 Å². The van der Waals surface area contributed by atoms with E-state index in [4.69, 9.17) is 5.11 Å². The molecule has 0 saturated carbocycles. The van der Waals surface area contributed by atoms with Crippen molar-refractivity contribution in [1.29, 1.82) is 0 Å². The highest BCUT2D eigenvalue weighted by Crippen LogP contribution is 2.36. The monoisotopic (exact) mass is 397 g/mol. The van der Waals surface area contributed by atoms with Gasteiger partial charge in [0.2, 0.25) is 0 Å². The summed E-state index contributed by atoms with van der Waals surface area (Å²) in [5.41, 5.74) is 4.85. The SMILES string of the molecule is CNN(C)c1ccc(N=Nc2cccc(OC(=O)O)c2)c(-n2c(O)ccc2O)c1. The third-order valence-electron chi connectivity index (χ3n) is 4.06. The molecule has 0 radical (unpaired) electrons. The molecule has 10 heteroatoms. The van der Waals surface area contributed by atoms with Gasteiger partial charge in [0.15, 0.2) is 11.8 Å². The molecule has 0 fully saturated rings. The molecule has 0 aliphatic carbocycles. The molecule has 0 unspecified atom stereocenters. The van der Waals surface area contributed by atoms with Crippen molar-refractivity contribution >= 4 is 23.2 Å². The second-order valence-corrected chi connectivity index (χ2v) is 5.91. The van der Waals surface area contributed by atoms with Crippen molar-refractivity contribution in [2.75, 3.05) is 19.1 Å². The van der Waals surface area contributed by atoms with E-state index in [0.29, 0.717) is 17.1 Å². The first kappa shape index (κ1) is 19.7. The van der Waals surface area contributed by atoms with Gasteiger partial charge in [0, 0.05) is 32.3 Å². The fourth-order valence-corrected chi connectivity index (χ4v) is 2.60. The number of nitrogens with zero attached hydrogens (tertiary/aromatic N) is 4. The highest BCUT2D eigenvalue weighted by molar-refractivity contribution is 5.67. The van der Waals surface area contributed by atoms with E-state index in [1.54, 1.807) is 42.4 Å². The average molecular weight is 397 g/mol. The molecule has 0 atom stereocenters. The van der Waals surface area contributed by atoms with Crippen molar-refractivity contribution < 1.29 is 24.9 Å². The molecule has 0 bridgehead atoms. The topological polar surface area (TPSA) is 132 Å². The van der Waals surface area contributed by atoms with E-state index in [1.807, 2.05) is 7.05 Å². The zero-order valence-electron chi connectivity index (χ0n) is 15.6. The molecule has 1 aromatic heterocycles. The lowest BCUT2D eigenvalue weighted by atomic mass is 10.2. The van der Waals surface area contributed by atoms with Gasteiger partial charge < -0.3 is 25.1 Å². The number of benzene rings is 2. The molecule has 0 saturated heterocycles. The normalized spacial score (nSPS) is 11.0. The highest BCUT2D eigenvalue weighted by Gasteiger charge is 2.14. The number of azo groups is 1. The molecule has 10 nitrogen and oxygen atoms in total. The number of hydrazine groups is 1. The third-order valence-corrected chi connectivity index (χ3v) is 4.06. The molecule has 3 rings (SSSR count). The Balaban J connectivity index is 2.03. The summed E-state index contributed by atoms with van der Waals surface area (Å²) in [7, 11) is 3.56. The van der Waals surface area contributed by atoms with Gasteiger partial charge in [0.05, 0.1) is 17.1 Å². The molecule has 2 aromatic carbocycles. The lowest BCUT2D eigenvalue weighted by Gasteiger charge is -2.19. The Morgan fingerprint density at radius 2 is 1.79 bits per heavy atom. The Bertz CT molecular complexity index is 1040. The van der Waals surface area contributed by atoms with E-state index >= 15 is 0 Å². The standard InChI is InChI=1S/C19H19N5O5/c1-20-23(2)13-6-7-15(16(11-13)24-17(25)8-9-18(24)26)22-21-12-4-3-5-14(10-12)29-19(27)28/h3-11,20,25-26H,1-2H3,(H,27,28). The Morgan fingerprint density at radius 3 is 2.45 bits per heavy atom. The van der Waals surface area contributed by atoms with Crippen molar-refractivity contribution in [2.45, 2.75) is 0 Å². The summed E-state index contributed by atoms with van der Waals surface area (Å²) >= 11 is 0. The summed E-state index contributed by atoms with van der Waals surface area (Å²) in [5, 5.41) is 39.0. The predicted octanol–water partition coefficient (Wildman–Crippen LogP) is 3.93. The second-order valence-electron chi connectivity index (χ2n) is 5.91. The molecule has 0 amide bonds. The molecule has 4 N–H and O–H groups in total. The van der Waals surface area contributed by atoms with E-state index in [0.717, 1.165) is 5.69 Å². The van der Waals surface area contributed by atoms with Gasteiger partial charge >= 0.3 is 6.16 Å². The van der Waals surface area contributed by atoms with Crippen LogP contribution in [0.1, 0.15) is 0 Å². The first-order valence-corrected chi connectivity index (χ1v) is 8.47. The number of rotatable bonds is 6. The Morgan fingerprint density at radius 1 is 1.07 bits per heavy atom. The number of hydrogen-bond acceptors (Lipinski definition) is 8. The Hall–Kier alpha value is -4.05. The van der Waals surface area contributed by atoms with Gasteiger partial charge in [-0.3, -0.25) is 0 Å². The van der Waals surface area contributed by atoms with Crippen molar-refractivity contribution in [1.82, 2.24) is 9.99 Å². The van der Waals surface area contributed by atoms with Gasteiger partial charge in [-0.05, 0) is 30.3 Å². The maximum atomic E-state index is 10.7. The summed E-state index contributed by atoms with van der Waals surface area (Å²) in [4.78, 5) is 10.7. The quantitative estimate of drug-likeness (QED) is 0.214. The number of carbonyl (C=O) groups is 1. The van der Waals surface area contributed by atoms with Crippen LogP contribution >= 0.6 is 0 Å². The van der Waals surface area contributed by atoms with Crippen LogP contribution in [0, 0.1) is 0 Å². The third kappa shape index (κ3) is 4.45. The molecule has 3 aromatic rings. The number of ether oxygens (including phenoxy) is 1. The van der Waals surface area contributed by atoms with Gasteiger partial charge in [0.25, 0.3) is 0 Å². The van der Waals surface area contributed by atoms with E-state index in [9.17, 15) is 15.0 Å². The molecule has 1 heterocycles. The van der Waals surface area contributed by atoms with E-state index in [2.05, 4.69) is 20.4 Å². The van der Waals surface area contributed by atoms with Crippen LogP contribution < -0.4 is 15.2 Å². The summed E-state index contributed by atoms with van der Waals surface area (Å²) in [6, 6.07) is 14.0. The zero-order valence-corrected chi connectivity index (χ0v) is 15.6. The van der Waals surface area contributed by atoms with Crippen molar-refractivity contribution in [3.63, 3.8) is 0 Å². The zero-order chi connectivity index (χ0) is 21.0. The molecular formula is C19H19N5O5. The van der Waals surface area contributed by atoms with Crippen LogP contribution in [0.15, 0.2) is 64.8 Å². The van der Waals surface area contributed by atoms with Crippen molar-refractivity contribution in [2.24, 2.45) is 10.2 Å². The number of aromatic hydroxyl groups is 2. The van der Waals surface area contributed by atoms with Gasteiger partial charge in [-0.1, -0.05) is 6.07 Å². The number of hydrogen-bond donors (Lipinski definition) is 4. The van der Waals surface area contributed by atoms with E-state index < -0.39 is 6.16 Å². The maximum absolute atomic E-state index is 10.7. The van der Waals surface area contributed by atoms with Crippen LogP contribution in [0.5, 0.6) is 17.5 Å².